The van der Waals surface area contributed by atoms with E-state index in [1.807, 2.05) is 6.07 Å². The molecular formula is C21H29N5O3. The van der Waals surface area contributed by atoms with Gasteiger partial charge in [0.05, 0.1) is 16.7 Å². The van der Waals surface area contributed by atoms with Crippen LogP contribution in [0.5, 0.6) is 0 Å². The topological polar surface area (TPSA) is 116 Å². The minimum Gasteiger partial charge on any atom is -0.389 e. The summed E-state index contributed by atoms with van der Waals surface area (Å²) >= 11 is 0. The molecule has 8 heteroatoms. The zero-order valence-corrected chi connectivity index (χ0v) is 17.2. The summed E-state index contributed by atoms with van der Waals surface area (Å²) in [7, 11) is 0. The second-order valence-corrected chi connectivity index (χ2v) is 8.33. The maximum atomic E-state index is 12.6. The fourth-order valence-electron chi connectivity index (χ4n) is 3.55. The van der Waals surface area contributed by atoms with Crippen molar-refractivity contribution in [2.45, 2.75) is 64.1 Å². The van der Waals surface area contributed by atoms with Gasteiger partial charge in [-0.05, 0) is 45.6 Å². The number of hydrogen-bond acceptors (Lipinski definition) is 6. The first kappa shape index (κ1) is 21.0. The highest BCUT2D eigenvalue weighted by Crippen LogP contribution is 2.23. The Balaban J connectivity index is 1.71. The van der Waals surface area contributed by atoms with E-state index in [0.29, 0.717) is 17.0 Å². The Morgan fingerprint density at radius 1 is 1.17 bits per heavy atom. The van der Waals surface area contributed by atoms with E-state index in [1.54, 1.807) is 39.1 Å². The Morgan fingerprint density at radius 3 is 2.52 bits per heavy atom. The number of amides is 2. The Hall–Kier alpha value is -2.74. The third-order valence-corrected chi connectivity index (χ3v) is 5.00. The van der Waals surface area contributed by atoms with Crippen molar-refractivity contribution < 1.29 is 14.7 Å². The average Bonchev–Trinajstić information content (AvgIpc) is 2.66. The van der Waals surface area contributed by atoms with Crippen molar-refractivity contribution in [2.24, 2.45) is 0 Å². The van der Waals surface area contributed by atoms with Crippen molar-refractivity contribution in [3.63, 3.8) is 0 Å². The first-order valence-corrected chi connectivity index (χ1v) is 10.0. The number of nitrogens with zero attached hydrogens (tertiary/aromatic N) is 2. The van der Waals surface area contributed by atoms with Crippen LogP contribution in [-0.2, 0) is 4.79 Å². The number of para-hydroxylation sites is 1. The molecule has 1 aromatic carbocycles. The molecule has 2 aromatic rings. The third kappa shape index (κ3) is 5.87. The molecule has 1 aromatic heterocycles. The van der Waals surface area contributed by atoms with E-state index in [2.05, 4.69) is 25.9 Å². The van der Waals surface area contributed by atoms with Crippen LogP contribution in [0.4, 0.5) is 5.95 Å². The Bertz CT molecular complexity index is 886. The van der Waals surface area contributed by atoms with Crippen LogP contribution in [0.25, 0.3) is 10.9 Å². The second-order valence-electron chi connectivity index (χ2n) is 8.33. The highest BCUT2D eigenvalue weighted by atomic mass is 16.3. The maximum Gasteiger partial charge on any atom is 0.253 e. The fraction of sp³-hybridized carbons (Fsp3) is 0.524. The van der Waals surface area contributed by atoms with Gasteiger partial charge in [0.15, 0.2) is 0 Å². The smallest absolute Gasteiger partial charge is 0.253 e. The highest BCUT2D eigenvalue weighted by Gasteiger charge is 2.22. The first-order chi connectivity index (χ1) is 13.7. The fourth-order valence-corrected chi connectivity index (χ4v) is 3.55. The summed E-state index contributed by atoms with van der Waals surface area (Å²) in [6.45, 7) is 4.97. The summed E-state index contributed by atoms with van der Waals surface area (Å²) in [4.78, 5) is 32.8. The molecule has 0 unspecified atom stereocenters. The molecular weight excluding hydrogens is 370 g/mol. The van der Waals surface area contributed by atoms with Gasteiger partial charge in [0.1, 0.15) is 0 Å². The number of nitrogens with one attached hydrogen (secondary N) is 3. The molecule has 3 rings (SSSR count). The lowest BCUT2D eigenvalue weighted by Crippen LogP contribution is -2.39. The molecule has 0 saturated heterocycles. The number of carbonyl (C=O) groups is 2. The average molecular weight is 399 g/mol. The lowest BCUT2D eigenvalue weighted by atomic mass is 9.91. The van der Waals surface area contributed by atoms with Crippen molar-refractivity contribution in [3.8, 4) is 0 Å². The van der Waals surface area contributed by atoms with Crippen LogP contribution < -0.4 is 16.0 Å². The molecule has 0 bridgehead atoms. The van der Waals surface area contributed by atoms with Gasteiger partial charge in [0.25, 0.3) is 5.91 Å². The van der Waals surface area contributed by atoms with Crippen LogP contribution in [0.3, 0.4) is 0 Å². The van der Waals surface area contributed by atoms with E-state index in [0.717, 1.165) is 31.1 Å². The van der Waals surface area contributed by atoms with Crippen molar-refractivity contribution in [2.75, 3.05) is 11.9 Å². The molecule has 0 radical (unpaired) electrons. The van der Waals surface area contributed by atoms with Crippen molar-refractivity contribution in [1.82, 2.24) is 20.6 Å². The van der Waals surface area contributed by atoms with Crippen molar-refractivity contribution in [1.29, 1.82) is 0 Å². The Labute approximate surface area is 170 Å². The zero-order valence-electron chi connectivity index (χ0n) is 17.2. The maximum absolute atomic E-state index is 12.6. The van der Waals surface area contributed by atoms with Crippen LogP contribution in [0.2, 0.25) is 0 Å². The monoisotopic (exact) mass is 399 g/mol. The molecule has 0 spiro atoms. The Morgan fingerprint density at radius 2 is 1.86 bits per heavy atom. The van der Waals surface area contributed by atoms with E-state index in [4.69, 9.17) is 0 Å². The standard InChI is InChI=1S/C21H29N5O3/c1-13(27)24-15-7-9-16(10-8-15)25-20-22-11-14-5-4-6-17(18(14)26-20)19(28)23-12-21(2,3)29/h4-6,11,15-16,29H,7-10,12H2,1-3H3,(H,23,28)(H,24,27)(H,22,25,26). The van der Waals surface area contributed by atoms with Crippen LogP contribution in [-0.4, -0.2) is 51.1 Å². The first-order valence-electron chi connectivity index (χ1n) is 10.0. The van der Waals surface area contributed by atoms with Crippen molar-refractivity contribution >= 4 is 28.7 Å². The second kappa shape index (κ2) is 8.73. The molecule has 8 nitrogen and oxygen atoms in total. The number of aromatic nitrogens is 2. The van der Waals surface area contributed by atoms with Gasteiger partial charge in [0.2, 0.25) is 11.9 Å². The van der Waals surface area contributed by atoms with E-state index in [9.17, 15) is 14.7 Å². The van der Waals surface area contributed by atoms with Crippen LogP contribution in [0, 0.1) is 0 Å². The quantitative estimate of drug-likeness (QED) is 0.590. The molecule has 0 atom stereocenters. The number of anilines is 1. The molecule has 2 amide bonds. The van der Waals surface area contributed by atoms with Crippen molar-refractivity contribution in [3.05, 3.63) is 30.0 Å². The van der Waals surface area contributed by atoms with Gasteiger partial charge in [-0.15, -0.1) is 0 Å². The normalized spacial score (nSPS) is 19.6. The van der Waals surface area contributed by atoms with Gasteiger partial charge in [-0.2, -0.15) is 0 Å². The molecule has 156 valence electrons. The SMILES string of the molecule is CC(=O)NC1CCC(Nc2ncc3cccc(C(=O)NCC(C)(C)O)c3n2)CC1. The largest absolute Gasteiger partial charge is 0.389 e. The Kier molecular flexibility index (Phi) is 6.32. The van der Waals surface area contributed by atoms with Crippen LogP contribution in [0.15, 0.2) is 24.4 Å². The number of carbonyl (C=O) groups excluding carboxylic acids is 2. The summed E-state index contributed by atoms with van der Waals surface area (Å²) in [6.07, 6.45) is 5.37. The van der Waals surface area contributed by atoms with E-state index in [1.165, 1.54) is 0 Å². The summed E-state index contributed by atoms with van der Waals surface area (Å²) in [5.41, 5.74) is 0.0367. The molecule has 1 fully saturated rings. The van der Waals surface area contributed by atoms with Gasteiger partial charge in [-0.1, -0.05) is 12.1 Å². The summed E-state index contributed by atoms with van der Waals surface area (Å²) < 4.78 is 0. The molecule has 1 aliphatic rings. The van der Waals surface area contributed by atoms with E-state index >= 15 is 0 Å². The minimum atomic E-state index is -0.988. The molecule has 0 aliphatic heterocycles. The predicted octanol–water partition coefficient (Wildman–Crippen LogP) is 1.99. The number of hydrogen-bond donors (Lipinski definition) is 4. The minimum absolute atomic E-state index is 0.00895. The molecule has 1 heterocycles. The third-order valence-electron chi connectivity index (χ3n) is 5.00. The van der Waals surface area contributed by atoms with Gasteiger partial charge in [-0.3, -0.25) is 9.59 Å². The van der Waals surface area contributed by atoms with Gasteiger partial charge in [0, 0.05) is 37.1 Å². The lowest BCUT2D eigenvalue weighted by Gasteiger charge is -2.29. The molecule has 4 N–H and O–H groups in total. The molecule has 1 saturated carbocycles. The van der Waals surface area contributed by atoms with Gasteiger partial charge >= 0.3 is 0 Å². The number of fused-ring (bicyclic) bond motifs is 1. The van der Waals surface area contributed by atoms with Gasteiger partial charge in [-0.25, -0.2) is 9.97 Å². The predicted molar refractivity (Wildman–Crippen MR) is 112 cm³/mol. The van der Waals surface area contributed by atoms with Crippen LogP contribution >= 0.6 is 0 Å². The summed E-state index contributed by atoms with van der Waals surface area (Å²) in [5, 5.41) is 19.7. The van der Waals surface area contributed by atoms with Crippen LogP contribution in [0.1, 0.15) is 56.8 Å². The van der Waals surface area contributed by atoms with E-state index < -0.39 is 5.60 Å². The molecule has 29 heavy (non-hydrogen) atoms. The number of aliphatic hydroxyl groups is 1. The van der Waals surface area contributed by atoms with E-state index in [-0.39, 0.29) is 30.4 Å². The van der Waals surface area contributed by atoms with Gasteiger partial charge < -0.3 is 21.1 Å². The summed E-state index contributed by atoms with van der Waals surface area (Å²) in [6, 6.07) is 5.84. The molecule has 1 aliphatic carbocycles. The zero-order chi connectivity index (χ0) is 21.0. The highest BCUT2D eigenvalue weighted by molar-refractivity contribution is 6.05. The number of benzene rings is 1. The lowest BCUT2D eigenvalue weighted by molar-refractivity contribution is -0.119. The number of rotatable bonds is 6. The summed E-state index contributed by atoms with van der Waals surface area (Å²) in [5.74, 6) is 0.219.